The number of nitrogens with one attached hydrogen (secondary N) is 1. The molecule has 3 nitrogen and oxygen atoms in total. The number of hydrogen-bond donors (Lipinski definition) is 2. The van der Waals surface area contributed by atoms with Crippen LogP contribution in [-0.4, -0.2) is 26.8 Å². The lowest BCUT2D eigenvalue weighted by Crippen LogP contribution is -2.30. The maximum atomic E-state index is 6.13. The zero-order valence-electron chi connectivity index (χ0n) is 15.1. The minimum atomic E-state index is 0.704. The molecular weight excluding hydrogens is 316 g/mol. The van der Waals surface area contributed by atoms with Crippen LogP contribution in [0.1, 0.15) is 38.2 Å². The van der Waals surface area contributed by atoms with Gasteiger partial charge in [-0.2, -0.15) is 0 Å². The standard InChI is InChI=1S/C20H32N2OS/c1-4-16-6-8-19(21)20(13-16)24-15(2)5-7-18(14-22-3)17-9-11-23-12-10-17/h6,8,13,17-18,22H,2,4-5,7,9-12,14,21H2,1,3H3. The molecule has 1 aromatic rings. The van der Waals surface area contributed by atoms with Crippen molar-refractivity contribution in [3.63, 3.8) is 0 Å². The zero-order valence-corrected chi connectivity index (χ0v) is 16.0. The van der Waals surface area contributed by atoms with Crippen molar-refractivity contribution in [1.29, 1.82) is 0 Å². The van der Waals surface area contributed by atoms with Gasteiger partial charge in [-0.25, -0.2) is 0 Å². The summed E-state index contributed by atoms with van der Waals surface area (Å²) in [5, 5.41) is 3.37. The quantitative estimate of drug-likeness (QED) is 0.510. The van der Waals surface area contributed by atoms with E-state index in [-0.39, 0.29) is 0 Å². The van der Waals surface area contributed by atoms with Crippen molar-refractivity contribution in [3.8, 4) is 0 Å². The number of nitrogen functional groups attached to an aromatic ring is 1. The Kier molecular flexibility index (Phi) is 8.16. The lowest BCUT2D eigenvalue weighted by Gasteiger charge is -2.30. The molecule has 134 valence electrons. The van der Waals surface area contributed by atoms with E-state index < -0.39 is 0 Å². The van der Waals surface area contributed by atoms with Crippen LogP contribution < -0.4 is 11.1 Å². The van der Waals surface area contributed by atoms with Crippen LogP contribution in [0.2, 0.25) is 0 Å². The Morgan fingerprint density at radius 1 is 1.42 bits per heavy atom. The maximum absolute atomic E-state index is 6.13. The normalized spacial score (nSPS) is 16.9. The summed E-state index contributed by atoms with van der Waals surface area (Å²) in [6.07, 6.45) is 5.65. The Bertz CT molecular complexity index is 526. The highest BCUT2D eigenvalue weighted by Crippen LogP contribution is 2.35. The number of allylic oxidation sites excluding steroid dienone is 1. The first kappa shape index (κ1) is 19.4. The van der Waals surface area contributed by atoms with E-state index in [0.717, 1.165) is 49.1 Å². The highest BCUT2D eigenvalue weighted by molar-refractivity contribution is 8.03. The van der Waals surface area contributed by atoms with Crippen LogP contribution in [0.3, 0.4) is 0 Å². The summed E-state index contributed by atoms with van der Waals surface area (Å²) in [6, 6.07) is 6.32. The van der Waals surface area contributed by atoms with E-state index in [0.29, 0.717) is 5.92 Å². The third kappa shape index (κ3) is 5.83. The third-order valence-electron chi connectivity index (χ3n) is 4.93. The first-order valence-electron chi connectivity index (χ1n) is 9.10. The van der Waals surface area contributed by atoms with Gasteiger partial charge < -0.3 is 15.8 Å². The molecular formula is C20H32N2OS. The molecule has 1 aliphatic rings. The number of aryl methyl sites for hydroxylation is 1. The number of benzene rings is 1. The van der Waals surface area contributed by atoms with Gasteiger partial charge in [-0.1, -0.05) is 31.3 Å². The van der Waals surface area contributed by atoms with E-state index in [1.807, 2.05) is 13.1 Å². The average molecular weight is 349 g/mol. The largest absolute Gasteiger partial charge is 0.398 e. The Balaban J connectivity index is 1.88. The summed E-state index contributed by atoms with van der Waals surface area (Å²) >= 11 is 1.74. The Morgan fingerprint density at radius 2 is 2.17 bits per heavy atom. The minimum absolute atomic E-state index is 0.704. The predicted octanol–water partition coefficient (Wildman–Crippen LogP) is 4.48. The van der Waals surface area contributed by atoms with Crippen LogP contribution >= 0.6 is 11.8 Å². The van der Waals surface area contributed by atoms with Crippen LogP contribution in [0.15, 0.2) is 34.6 Å². The van der Waals surface area contributed by atoms with Gasteiger partial charge in [0.25, 0.3) is 0 Å². The molecule has 1 atom stereocenters. The lowest BCUT2D eigenvalue weighted by atomic mass is 9.83. The second-order valence-corrected chi connectivity index (χ2v) is 7.89. The predicted molar refractivity (Wildman–Crippen MR) is 105 cm³/mol. The number of rotatable bonds is 9. The van der Waals surface area contributed by atoms with E-state index in [4.69, 9.17) is 10.5 Å². The van der Waals surface area contributed by atoms with E-state index in [1.54, 1.807) is 11.8 Å². The highest BCUT2D eigenvalue weighted by Gasteiger charge is 2.23. The second kappa shape index (κ2) is 10.1. The number of nitrogens with two attached hydrogens (primary N) is 1. The topological polar surface area (TPSA) is 47.3 Å². The Morgan fingerprint density at radius 3 is 2.83 bits per heavy atom. The molecule has 0 aliphatic carbocycles. The molecule has 1 unspecified atom stereocenters. The summed E-state index contributed by atoms with van der Waals surface area (Å²) in [5.74, 6) is 1.48. The van der Waals surface area contributed by atoms with Crippen molar-refractivity contribution in [3.05, 3.63) is 35.2 Å². The van der Waals surface area contributed by atoms with Crippen LogP contribution in [0.25, 0.3) is 0 Å². The molecule has 1 saturated heterocycles. The molecule has 4 heteroatoms. The summed E-state index contributed by atoms with van der Waals surface area (Å²) in [4.78, 5) is 2.36. The Labute approximate surface area is 151 Å². The van der Waals surface area contributed by atoms with E-state index >= 15 is 0 Å². The van der Waals surface area contributed by atoms with E-state index in [2.05, 4.69) is 31.0 Å². The zero-order chi connectivity index (χ0) is 17.4. The second-order valence-electron chi connectivity index (χ2n) is 6.67. The molecule has 0 saturated carbocycles. The van der Waals surface area contributed by atoms with Crippen molar-refractivity contribution in [2.24, 2.45) is 11.8 Å². The van der Waals surface area contributed by atoms with Gasteiger partial charge in [-0.3, -0.25) is 0 Å². The summed E-state index contributed by atoms with van der Waals surface area (Å²) in [7, 11) is 2.05. The van der Waals surface area contributed by atoms with Crippen molar-refractivity contribution in [2.75, 3.05) is 32.5 Å². The smallest absolute Gasteiger partial charge is 0.0468 e. The van der Waals surface area contributed by atoms with Gasteiger partial charge >= 0.3 is 0 Å². The van der Waals surface area contributed by atoms with E-state index in [9.17, 15) is 0 Å². The third-order valence-corrected chi connectivity index (χ3v) is 6.00. The van der Waals surface area contributed by atoms with E-state index in [1.165, 1.54) is 29.7 Å². The SMILES string of the molecule is C=C(CCC(CNC)C1CCOCC1)Sc1cc(CC)ccc1N. The molecule has 0 aromatic heterocycles. The van der Waals surface area contributed by atoms with Crippen molar-refractivity contribution < 1.29 is 4.74 Å². The molecule has 2 rings (SSSR count). The Hall–Kier alpha value is -0.970. The molecule has 0 spiro atoms. The molecule has 0 bridgehead atoms. The van der Waals surface area contributed by atoms with Gasteiger partial charge in [0.2, 0.25) is 0 Å². The summed E-state index contributed by atoms with van der Waals surface area (Å²) in [5.41, 5.74) is 8.31. The van der Waals surface area contributed by atoms with Gasteiger partial charge in [-0.05, 0) is 80.1 Å². The fourth-order valence-corrected chi connectivity index (χ4v) is 4.32. The van der Waals surface area contributed by atoms with Gasteiger partial charge in [-0.15, -0.1) is 0 Å². The van der Waals surface area contributed by atoms with Crippen molar-refractivity contribution >= 4 is 17.4 Å². The summed E-state index contributed by atoms with van der Waals surface area (Å²) in [6.45, 7) is 9.37. The van der Waals surface area contributed by atoms with Crippen LogP contribution in [0, 0.1) is 11.8 Å². The number of anilines is 1. The fourth-order valence-electron chi connectivity index (χ4n) is 3.39. The first-order chi connectivity index (χ1) is 11.6. The minimum Gasteiger partial charge on any atom is -0.398 e. The van der Waals surface area contributed by atoms with Gasteiger partial charge in [0, 0.05) is 23.8 Å². The highest BCUT2D eigenvalue weighted by atomic mass is 32.2. The van der Waals surface area contributed by atoms with Gasteiger partial charge in [0.15, 0.2) is 0 Å². The molecule has 1 heterocycles. The van der Waals surface area contributed by atoms with Crippen LogP contribution in [-0.2, 0) is 11.2 Å². The molecule has 3 N–H and O–H groups in total. The van der Waals surface area contributed by atoms with Crippen molar-refractivity contribution in [2.45, 2.75) is 43.9 Å². The van der Waals surface area contributed by atoms with Crippen LogP contribution in [0.4, 0.5) is 5.69 Å². The lowest BCUT2D eigenvalue weighted by molar-refractivity contribution is 0.0453. The fraction of sp³-hybridized carbons (Fsp3) is 0.600. The monoisotopic (exact) mass is 348 g/mol. The van der Waals surface area contributed by atoms with Crippen LogP contribution in [0.5, 0.6) is 0 Å². The molecule has 0 amide bonds. The number of hydrogen-bond acceptors (Lipinski definition) is 4. The number of thioether (sulfide) groups is 1. The summed E-state index contributed by atoms with van der Waals surface area (Å²) < 4.78 is 5.51. The molecule has 1 aromatic carbocycles. The molecule has 0 radical (unpaired) electrons. The van der Waals surface area contributed by atoms with Gasteiger partial charge in [0.05, 0.1) is 0 Å². The molecule has 24 heavy (non-hydrogen) atoms. The first-order valence-corrected chi connectivity index (χ1v) is 9.92. The van der Waals surface area contributed by atoms with Crippen molar-refractivity contribution in [1.82, 2.24) is 5.32 Å². The molecule has 1 aliphatic heterocycles. The molecule has 1 fully saturated rings. The maximum Gasteiger partial charge on any atom is 0.0468 e. The number of ether oxygens (including phenoxy) is 1. The average Bonchev–Trinajstić information content (AvgIpc) is 2.61. The van der Waals surface area contributed by atoms with Gasteiger partial charge in [0.1, 0.15) is 0 Å².